The van der Waals surface area contributed by atoms with Gasteiger partial charge in [0.05, 0.1) is 10.8 Å². The van der Waals surface area contributed by atoms with Gasteiger partial charge in [0.2, 0.25) is 0 Å². The number of hydrogen-bond acceptors (Lipinski definition) is 4. The Balaban J connectivity index is 2.68. The van der Waals surface area contributed by atoms with Crippen LogP contribution in [-0.4, -0.2) is 32.0 Å². The normalized spacial score (nSPS) is 11.4. The Morgan fingerprint density at radius 3 is 2.65 bits per heavy atom. The minimum absolute atomic E-state index is 0.0808. The average Bonchev–Trinajstić information content (AvgIpc) is 2.15. The van der Waals surface area contributed by atoms with E-state index >= 15 is 0 Å². The van der Waals surface area contributed by atoms with Crippen molar-refractivity contribution < 1.29 is 8.42 Å². The van der Waals surface area contributed by atoms with Crippen molar-refractivity contribution in [2.45, 2.75) is 4.90 Å². The SMILES string of the molecule is CS(=O)(=O)CCSc1ccc(C(=N)N)c(Cl)c1. The van der Waals surface area contributed by atoms with Crippen LogP contribution in [0.25, 0.3) is 0 Å². The average molecular weight is 293 g/mol. The van der Waals surface area contributed by atoms with Crippen molar-refractivity contribution in [3.63, 3.8) is 0 Å². The monoisotopic (exact) mass is 292 g/mol. The van der Waals surface area contributed by atoms with Crippen molar-refractivity contribution in [1.82, 2.24) is 0 Å². The number of sulfone groups is 1. The lowest BCUT2D eigenvalue weighted by Crippen LogP contribution is -2.11. The molecule has 0 fully saturated rings. The summed E-state index contributed by atoms with van der Waals surface area (Å²) in [7, 11) is -2.93. The largest absolute Gasteiger partial charge is 0.384 e. The maximum atomic E-state index is 10.9. The van der Waals surface area contributed by atoms with Gasteiger partial charge in [-0.3, -0.25) is 5.41 Å². The van der Waals surface area contributed by atoms with Crippen LogP contribution in [0.1, 0.15) is 5.56 Å². The summed E-state index contributed by atoms with van der Waals surface area (Å²) in [6.07, 6.45) is 1.21. The zero-order valence-corrected chi connectivity index (χ0v) is 11.6. The van der Waals surface area contributed by atoms with Crippen LogP contribution in [0.15, 0.2) is 23.1 Å². The number of benzene rings is 1. The number of thioether (sulfide) groups is 1. The lowest BCUT2D eigenvalue weighted by atomic mass is 10.2. The summed E-state index contributed by atoms with van der Waals surface area (Å²) in [5.41, 5.74) is 5.82. The lowest BCUT2D eigenvalue weighted by Gasteiger charge is -2.05. The summed E-state index contributed by atoms with van der Waals surface area (Å²) in [6.45, 7) is 0. The second kappa shape index (κ2) is 5.75. The number of rotatable bonds is 5. The molecular weight excluding hydrogens is 280 g/mol. The molecule has 7 heteroatoms. The Morgan fingerprint density at radius 1 is 1.53 bits per heavy atom. The molecule has 0 saturated heterocycles. The van der Waals surface area contributed by atoms with Crippen LogP contribution in [0, 0.1) is 5.41 Å². The molecule has 0 spiro atoms. The molecule has 94 valence electrons. The molecule has 0 saturated carbocycles. The highest BCUT2D eigenvalue weighted by molar-refractivity contribution is 8.00. The lowest BCUT2D eigenvalue weighted by molar-refractivity contribution is 0.603. The van der Waals surface area contributed by atoms with Crippen molar-refractivity contribution in [1.29, 1.82) is 5.41 Å². The second-order valence-electron chi connectivity index (χ2n) is 3.53. The minimum atomic E-state index is -2.93. The van der Waals surface area contributed by atoms with Crippen LogP contribution in [0.4, 0.5) is 0 Å². The van der Waals surface area contributed by atoms with Crippen molar-refractivity contribution in [2.75, 3.05) is 17.8 Å². The quantitative estimate of drug-likeness (QED) is 0.492. The highest BCUT2D eigenvalue weighted by Gasteiger charge is 2.06. The summed E-state index contributed by atoms with van der Waals surface area (Å²) in [5.74, 6) is 0.529. The molecular formula is C10H13ClN2O2S2. The van der Waals surface area contributed by atoms with Crippen molar-refractivity contribution >= 4 is 39.0 Å². The molecule has 0 unspecified atom stereocenters. The molecule has 3 N–H and O–H groups in total. The Labute approximate surface area is 110 Å². The van der Waals surface area contributed by atoms with Gasteiger partial charge in [0.15, 0.2) is 0 Å². The molecule has 0 aromatic heterocycles. The molecule has 1 rings (SSSR count). The summed E-state index contributed by atoms with van der Waals surface area (Å²) in [4.78, 5) is 0.864. The van der Waals surface area contributed by atoms with Crippen LogP contribution in [0.2, 0.25) is 5.02 Å². The summed E-state index contributed by atoms with van der Waals surface area (Å²) >= 11 is 7.35. The number of nitrogens with two attached hydrogens (primary N) is 1. The molecule has 0 aliphatic carbocycles. The zero-order chi connectivity index (χ0) is 13.1. The Kier molecular flexibility index (Phi) is 4.85. The third kappa shape index (κ3) is 4.97. The van der Waals surface area contributed by atoms with E-state index in [2.05, 4.69) is 0 Å². The van der Waals surface area contributed by atoms with E-state index in [4.69, 9.17) is 22.7 Å². The number of hydrogen-bond donors (Lipinski definition) is 2. The van der Waals surface area contributed by atoms with Crippen molar-refractivity contribution in [2.24, 2.45) is 5.73 Å². The van der Waals surface area contributed by atoms with Crippen LogP contribution < -0.4 is 5.73 Å². The summed E-state index contributed by atoms with van der Waals surface area (Å²) in [5, 5.41) is 7.68. The fourth-order valence-corrected chi connectivity index (χ4v) is 3.61. The van der Waals surface area contributed by atoms with Gasteiger partial charge in [-0.1, -0.05) is 11.6 Å². The number of nitrogens with one attached hydrogen (secondary N) is 1. The van der Waals surface area contributed by atoms with E-state index in [0.29, 0.717) is 16.3 Å². The zero-order valence-electron chi connectivity index (χ0n) is 9.23. The minimum Gasteiger partial charge on any atom is -0.384 e. The Bertz CT molecular complexity index is 529. The van der Waals surface area contributed by atoms with Gasteiger partial charge < -0.3 is 5.73 Å². The van der Waals surface area contributed by atoms with Gasteiger partial charge in [-0.25, -0.2) is 8.42 Å². The molecule has 0 aliphatic rings. The third-order valence-electron chi connectivity index (χ3n) is 1.95. The molecule has 0 bridgehead atoms. The first-order chi connectivity index (χ1) is 7.79. The highest BCUT2D eigenvalue weighted by atomic mass is 35.5. The molecule has 1 aromatic carbocycles. The standard InChI is InChI=1S/C10H13ClN2O2S2/c1-17(14,15)5-4-16-7-2-3-8(10(12)13)9(11)6-7/h2-3,6H,4-5H2,1H3,(H3,12,13). The molecule has 0 amide bonds. The Morgan fingerprint density at radius 2 is 2.18 bits per heavy atom. The van der Waals surface area contributed by atoms with Gasteiger partial charge in [-0.05, 0) is 18.2 Å². The first-order valence-corrected chi connectivity index (χ1v) is 8.16. The molecule has 0 aliphatic heterocycles. The van der Waals surface area contributed by atoms with E-state index in [0.717, 1.165) is 4.90 Å². The van der Waals surface area contributed by atoms with Crippen LogP contribution >= 0.6 is 23.4 Å². The maximum absolute atomic E-state index is 10.9. The van der Waals surface area contributed by atoms with E-state index in [1.54, 1.807) is 18.2 Å². The van der Waals surface area contributed by atoms with Gasteiger partial charge in [0.25, 0.3) is 0 Å². The van der Waals surface area contributed by atoms with E-state index in [1.807, 2.05) is 0 Å². The fourth-order valence-electron chi connectivity index (χ4n) is 1.11. The van der Waals surface area contributed by atoms with Crippen molar-refractivity contribution in [3.05, 3.63) is 28.8 Å². The van der Waals surface area contributed by atoms with Gasteiger partial charge in [-0.2, -0.15) is 0 Å². The van der Waals surface area contributed by atoms with E-state index < -0.39 is 9.84 Å². The van der Waals surface area contributed by atoms with Crippen LogP contribution in [0.3, 0.4) is 0 Å². The smallest absolute Gasteiger partial charge is 0.148 e. The molecule has 4 nitrogen and oxygen atoms in total. The van der Waals surface area contributed by atoms with E-state index in [1.165, 1.54) is 18.0 Å². The fraction of sp³-hybridized carbons (Fsp3) is 0.300. The van der Waals surface area contributed by atoms with Crippen molar-refractivity contribution in [3.8, 4) is 0 Å². The Hall–Kier alpha value is -0.720. The van der Waals surface area contributed by atoms with E-state index in [9.17, 15) is 8.42 Å². The topological polar surface area (TPSA) is 84.0 Å². The highest BCUT2D eigenvalue weighted by Crippen LogP contribution is 2.24. The third-order valence-corrected chi connectivity index (χ3v) is 4.47. The maximum Gasteiger partial charge on any atom is 0.148 e. The first kappa shape index (κ1) is 14.3. The predicted molar refractivity (Wildman–Crippen MR) is 72.9 cm³/mol. The molecule has 0 atom stereocenters. The predicted octanol–water partition coefficient (Wildman–Crippen LogP) is 1.76. The van der Waals surface area contributed by atoms with E-state index in [-0.39, 0.29) is 11.6 Å². The molecule has 1 aromatic rings. The molecule has 0 radical (unpaired) electrons. The van der Waals surface area contributed by atoms with Crippen LogP contribution in [-0.2, 0) is 9.84 Å². The van der Waals surface area contributed by atoms with Gasteiger partial charge in [-0.15, -0.1) is 11.8 Å². The van der Waals surface area contributed by atoms with Gasteiger partial charge in [0.1, 0.15) is 15.7 Å². The summed E-state index contributed by atoms with van der Waals surface area (Å²) in [6, 6.07) is 5.12. The van der Waals surface area contributed by atoms with Gasteiger partial charge >= 0.3 is 0 Å². The van der Waals surface area contributed by atoms with Gasteiger partial charge in [0, 0.05) is 22.5 Å². The first-order valence-electron chi connectivity index (χ1n) is 4.74. The number of amidine groups is 1. The molecule has 17 heavy (non-hydrogen) atoms. The number of nitrogen functional groups attached to an aromatic ring is 1. The number of halogens is 1. The second-order valence-corrected chi connectivity index (χ2v) is 7.37. The van der Waals surface area contributed by atoms with Crippen LogP contribution in [0.5, 0.6) is 0 Å². The summed E-state index contributed by atoms with van der Waals surface area (Å²) < 4.78 is 21.9. The molecule has 0 heterocycles.